The van der Waals surface area contributed by atoms with E-state index in [1.807, 2.05) is 6.92 Å². The molecular formula is C19H30N2OS. The van der Waals surface area contributed by atoms with Crippen molar-refractivity contribution in [3.8, 4) is 0 Å². The molecule has 0 aliphatic heterocycles. The van der Waals surface area contributed by atoms with Crippen LogP contribution in [-0.4, -0.2) is 10.9 Å². The summed E-state index contributed by atoms with van der Waals surface area (Å²) in [5.41, 5.74) is 6.19. The molecule has 0 saturated carbocycles. The summed E-state index contributed by atoms with van der Waals surface area (Å²) in [5.74, 6) is -0.174. The van der Waals surface area contributed by atoms with Gasteiger partial charge in [0, 0.05) is 11.8 Å². The number of carbonyl (C=O) groups excluding carboxylic acids is 1. The van der Waals surface area contributed by atoms with E-state index in [1.54, 1.807) is 11.3 Å². The lowest BCUT2D eigenvalue weighted by molar-refractivity contribution is -0.118. The van der Waals surface area contributed by atoms with Crippen molar-refractivity contribution in [2.75, 3.05) is 0 Å². The summed E-state index contributed by atoms with van der Waals surface area (Å²) in [7, 11) is 0. The van der Waals surface area contributed by atoms with Crippen molar-refractivity contribution < 1.29 is 4.79 Å². The largest absolute Gasteiger partial charge is 0.370 e. The molecule has 1 amide bonds. The van der Waals surface area contributed by atoms with Gasteiger partial charge >= 0.3 is 0 Å². The average molecular weight is 335 g/mol. The molecule has 23 heavy (non-hydrogen) atoms. The Bertz CT molecular complexity index is 491. The van der Waals surface area contributed by atoms with E-state index in [2.05, 4.69) is 34.7 Å². The molecule has 1 heterocycles. The topological polar surface area (TPSA) is 56.0 Å². The van der Waals surface area contributed by atoms with E-state index in [-0.39, 0.29) is 5.91 Å². The van der Waals surface area contributed by atoms with Crippen LogP contribution in [0.4, 0.5) is 0 Å². The van der Waals surface area contributed by atoms with Crippen molar-refractivity contribution in [2.24, 2.45) is 5.73 Å². The first kappa shape index (κ1) is 19.6. The second kappa shape index (κ2) is 13.1. The number of rotatable bonds is 13. The number of carbonyl (C=O) groups is 1. The standard InChI is InChI=1S/C19H30N2OS/c1-17-21-18(16-23-17)14-12-10-8-6-4-2-3-5-7-9-11-13-15-19(20)22/h4,6,12,14,16H,2-3,5,7-11,13,15H2,1H3,(H2,20,22). The van der Waals surface area contributed by atoms with Crippen molar-refractivity contribution in [1.82, 2.24) is 4.98 Å². The van der Waals surface area contributed by atoms with Crippen LogP contribution in [0, 0.1) is 6.92 Å². The van der Waals surface area contributed by atoms with E-state index >= 15 is 0 Å². The number of allylic oxidation sites excluding steroid dienone is 3. The molecule has 0 saturated heterocycles. The van der Waals surface area contributed by atoms with E-state index in [0.717, 1.165) is 36.4 Å². The van der Waals surface area contributed by atoms with Gasteiger partial charge in [-0.3, -0.25) is 4.79 Å². The fraction of sp³-hybridized carbons (Fsp3) is 0.579. The van der Waals surface area contributed by atoms with Crippen LogP contribution in [0.1, 0.15) is 74.9 Å². The van der Waals surface area contributed by atoms with Crippen LogP contribution in [0.25, 0.3) is 6.08 Å². The Morgan fingerprint density at radius 3 is 2.39 bits per heavy atom. The molecule has 1 rings (SSSR count). The molecule has 4 heteroatoms. The lowest BCUT2D eigenvalue weighted by Gasteiger charge is -1.99. The number of unbranched alkanes of at least 4 members (excludes halogenated alkanes) is 7. The highest BCUT2D eigenvalue weighted by molar-refractivity contribution is 7.09. The van der Waals surface area contributed by atoms with E-state index in [4.69, 9.17) is 5.73 Å². The van der Waals surface area contributed by atoms with Crippen molar-refractivity contribution in [3.63, 3.8) is 0 Å². The summed E-state index contributed by atoms with van der Waals surface area (Å²) in [4.78, 5) is 15.0. The summed E-state index contributed by atoms with van der Waals surface area (Å²) >= 11 is 1.69. The fourth-order valence-corrected chi connectivity index (χ4v) is 2.94. The SMILES string of the molecule is Cc1nc(C=CCCC=CCCCCCCCCC(N)=O)cs1. The average Bonchev–Trinajstić information content (AvgIpc) is 2.93. The highest BCUT2D eigenvalue weighted by atomic mass is 32.1. The normalized spacial score (nSPS) is 11.7. The lowest BCUT2D eigenvalue weighted by Crippen LogP contribution is -2.09. The summed E-state index contributed by atoms with van der Waals surface area (Å²) in [6.45, 7) is 2.03. The van der Waals surface area contributed by atoms with Crippen LogP contribution in [0.3, 0.4) is 0 Å². The second-order valence-electron chi connectivity index (χ2n) is 5.87. The van der Waals surface area contributed by atoms with Crippen molar-refractivity contribution >= 4 is 23.3 Å². The van der Waals surface area contributed by atoms with Crippen LogP contribution < -0.4 is 5.73 Å². The number of aryl methyl sites for hydroxylation is 1. The number of thiazole rings is 1. The summed E-state index contributed by atoms with van der Waals surface area (Å²) in [5, 5.41) is 3.22. The first-order valence-corrected chi connectivity index (χ1v) is 9.58. The molecule has 2 N–H and O–H groups in total. The minimum atomic E-state index is -0.174. The molecule has 0 radical (unpaired) electrons. The van der Waals surface area contributed by atoms with Gasteiger partial charge in [0.15, 0.2) is 0 Å². The van der Waals surface area contributed by atoms with Gasteiger partial charge in [0.25, 0.3) is 0 Å². The molecule has 0 atom stereocenters. The zero-order chi connectivity index (χ0) is 16.8. The van der Waals surface area contributed by atoms with Crippen LogP contribution in [0.5, 0.6) is 0 Å². The Kier molecular flexibility index (Phi) is 11.1. The monoisotopic (exact) mass is 334 g/mol. The Morgan fingerprint density at radius 2 is 1.70 bits per heavy atom. The molecule has 1 aromatic rings. The molecule has 0 spiro atoms. The Labute approximate surface area is 144 Å². The Morgan fingerprint density at radius 1 is 1.04 bits per heavy atom. The highest BCUT2D eigenvalue weighted by Crippen LogP contribution is 2.11. The molecule has 0 aliphatic rings. The molecule has 128 valence electrons. The molecule has 0 fully saturated rings. The third-order valence-corrected chi connectivity index (χ3v) is 4.43. The smallest absolute Gasteiger partial charge is 0.217 e. The lowest BCUT2D eigenvalue weighted by atomic mass is 10.1. The van der Waals surface area contributed by atoms with Crippen LogP contribution in [0.15, 0.2) is 23.6 Å². The second-order valence-corrected chi connectivity index (χ2v) is 6.93. The number of hydrogen-bond donors (Lipinski definition) is 1. The number of amides is 1. The van der Waals surface area contributed by atoms with Crippen LogP contribution in [-0.2, 0) is 4.79 Å². The molecule has 0 unspecified atom stereocenters. The number of hydrogen-bond acceptors (Lipinski definition) is 3. The van der Waals surface area contributed by atoms with Crippen LogP contribution in [0.2, 0.25) is 0 Å². The molecule has 0 aromatic carbocycles. The van der Waals surface area contributed by atoms with Crippen molar-refractivity contribution in [2.45, 2.75) is 71.1 Å². The maximum Gasteiger partial charge on any atom is 0.217 e. The minimum Gasteiger partial charge on any atom is -0.370 e. The summed E-state index contributed by atoms with van der Waals surface area (Å²) < 4.78 is 0. The number of nitrogens with two attached hydrogens (primary N) is 1. The van der Waals surface area contributed by atoms with Gasteiger partial charge in [0.05, 0.1) is 10.7 Å². The number of aromatic nitrogens is 1. The third-order valence-electron chi connectivity index (χ3n) is 3.64. The van der Waals surface area contributed by atoms with E-state index in [0.29, 0.717) is 6.42 Å². The van der Waals surface area contributed by atoms with Gasteiger partial charge in [-0.2, -0.15) is 0 Å². The zero-order valence-corrected chi connectivity index (χ0v) is 15.1. The van der Waals surface area contributed by atoms with E-state index in [1.165, 1.54) is 32.1 Å². The van der Waals surface area contributed by atoms with Crippen molar-refractivity contribution in [3.05, 3.63) is 34.3 Å². The molecule has 0 bridgehead atoms. The van der Waals surface area contributed by atoms with Gasteiger partial charge < -0.3 is 5.73 Å². The zero-order valence-electron chi connectivity index (χ0n) is 14.3. The number of nitrogens with zero attached hydrogens (tertiary/aromatic N) is 1. The van der Waals surface area contributed by atoms with Gasteiger partial charge in [0.1, 0.15) is 0 Å². The predicted octanol–water partition coefficient (Wildman–Crippen LogP) is 5.41. The van der Waals surface area contributed by atoms with Gasteiger partial charge in [-0.05, 0) is 45.1 Å². The summed E-state index contributed by atoms with van der Waals surface area (Å²) in [6, 6.07) is 0. The molecule has 3 nitrogen and oxygen atoms in total. The molecule has 0 aliphatic carbocycles. The van der Waals surface area contributed by atoms with E-state index in [9.17, 15) is 4.79 Å². The maximum atomic E-state index is 10.6. The first-order valence-electron chi connectivity index (χ1n) is 8.70. The molecule has 1 aromatic heterocycles. The Balaban J connectivity index is 1.87. The van der Waals surface area contributed by atoms with Crippen molar-refractivity contribution in [1.29, 1.82) is 0 Å². The minimum absolute atomic E-state index is 0.174. The fourth-order valence-electron chi connectivity index (χ4n) is 2.36. The maximum absolute atomic E-state index is 10.6. The van der Waals surface area contributed by atoms with Gasteiger partial charge in [-0.25, -0.2) is 4.98 Å². The Hall–Kier alpha value is -1.42. The predicted molar refractivity (Wildman–Crippen MR) is 100 cm³/mol. The van der Waals surface area contributed by atoms with Gasteiger partial charge in [0.2, 0.25) is 5.91 Å². The van der Waals surface area contributed by atoms with E-state index < -0.39 is 0 Å². The van der Waals surface area contributed by atoms with Crippen LogP contribution >= 0.6 is 11.3 Å². The third kappa shape index (κ3) is 11.8. The number of primary amides is 1. The molecular weight excluding hydrogens is 304 g/mol. The summed E-state index contributed by atoms with van der Waals surface area (Å²) in [6.07, 6.45) is 19.9. The first-order chi connectivity index (χ1) is 11.2. The van der Waals surface area contributed by atoms with Gasteiger partial charge in [-0.15, -0.1) is 11.3 Å². The highest BCUT2D eigenvalue weighted by Gasteiger charge is 1.94. The quantitative estimate of drug-likeness (QED) is 0.387. The van der Waals surface area contributed by atoms with Gasteiger partial charge in [-0.1, -0.05) is 43.9 Å².